The molecule has 1 heterocycles. The van der Waals surface area contributed by atoms with Crippen molar-refractivity contribution in [1.29, 1.82) is 0 Å². The Bertz CT molecular complexity index is 890. The molecule has 0 amide bonds. The van der Waals surface area contributed by atoms with Crippen LogP contribution in [0.15, 0.2) is 58.6 Å². The van der Waals surface area contributed by atoms with Crippen molar-refractivity contribution in [3.63, 3.8) is 0 Å². The Kier molecular flexibility index (Phi) is 7.88. The van der Waals surface area contributed by atoms with Gasteiger partial charge in [0, 0.05) is 4.47 Å². The van der Waals surface area contributed by atoms with E-state index >= 15 is 0 Å². The largest absolute Gasteiger partial charge is 1.00 e. The summed E-state index contributed by atoms with van der Waals surface area (Å²) < 4.78 is 5.98. The maximum absolute atomic E-state index is 12.8. The van der Waals surface area contributed by atoms with E-state index in [1.165, 1.54) is 12.1 Å². The summed E-state index contributed by atoms with van der Waals surface area (Å²) in [7, 11) is 0. The molecule has 1 aliphatic heterocycles. The Hall–Kier alpha value is -1.38. The number of carbonyl (C=O) groups excluding carboxylic acids is 1. The minimum absolute atomic E-state index is 0. The molecule has 0 aliphatic carbocycles. The first-order chi connectivity index (χ1) is 12.5. The van der Waals surface area contributed by atoms with Crippen LogP contribution in [0.25, 0.3) is 5.70 Å². The van der Waals surface area contributed by atoms with Crippen LogP contribution in [0, 0.1) is 0 Å². The second-order valence-corrected chi connectivity index (χ2v) is 6.85. The predicted octanol–water partition coefficient (Wildman–Crippen LogP) is 0.0199. The zero-order valence-corrected chi connectivity index (χ0v) is 19.3. The van der Waals surface area contributed by atoms with Gasteiger partial charge in [-0.25, -0.2) is 4.79 Å². The van der Waals surface area contributed by atoms with Gasteiger partial charge in [-0.05, 0) is 36.3 Å². The molecule has 8 heteroatoms. The average Bonchev–Trinajstić information content (AvgIpc) is 2.64. The van der Waals surface area contributed by atoms with Crippen LogP contribution in [0.4, 0.5) is 0 Å². The van der Waals surface area contributed by atoms with Gasteiger partial charge in [-0.3, -0.25) is 0 Å². The van der Waals surface area contributed by atoms with Crippen molar-refractivity contribution in [2.75, 3.05) is 6.61 Å². The van der Waals surface area contributed by atoms with Gasteiger partial charge in [-0.1, -0.05) is 58.4 Å². The Morgan fingerprint density at radius 3 is 2.63 bits per heavy atom. The fourth-order valence-corrected chi connectivity index (χ4v) is 3.50. The first-order valence-electron chi connectivity index (χ1n) is 8.02. The molecule has 134 valence electrons. The molecule has 1 atom stereocenters. The van der Waals surface area contributed by atoms with E-state index in [1.54, 1.807) is 13.0 Å². The number of benzene rings is 2. The molecule has 2 N–H and O–H groups in total. The molecule has 0 saturated heterocycles. The summed E-state index contributed by atoms with van der Waals surface area (Å²) >= 11 is 8.80. The first-order valence-corrected chi connectivity index (χ1v) is 9.22. The number of esters is 1. The van der Waals surface area contributed by atoms with Crippen LogP contribution in [0.2, 0.25) is 0 Å². The number of hydrogen-bond donors (Lipinski definition) is 2. The summed E-state index contributed by atoms with van der Waals surface area (Å²) in [6, 6.07) is 13.4. The minimum Gasteiger partial charge on any atom is -0.872 e. The van der Waals surface area contributed by atoms with Crippen LogP contribution < -0.4 is 45.3 Å². The van der Waals surface area contributed by atoms with Gasteiger partial charge in [0.25, 0.3) is 0 Å². The van der Waals surface area contributed by atoms with Crippen molar-refractivity contribution < 1.29 is 44.2 Å². The van der Waals surface area contributed by atoms with Crippen LogP contribution in [-0.2, 0) is 9.53 Å². The van der Waals surface area contributed by atoms with Crippen molar-refractivity contribution in [2.45, 2.75) is 13.0 Å². The summed E-state index contributed by atoms with van der Waals surface area (Å²) in [6.07, 6.45) is 0. The number of rotatable bonds is 4. The number of nitrogens with one attached hydrogen (secondary N) is 2. The smallest absolute Gasteiger partial charge is 0.872 e. The molecule has 2 aromatic carbocycles. The van der Waals surface area contributed by atoms with Gasteiger partial charge in [-0.2, -0.15) is 0 Å². The summed E-state index contributed by atoms with van der Waals surface area (Å²) in [5.41, 5.74) is 2.37. The van der Waals surface area contributed by atoms with Crippen molar-refractivity contribution in [1.82, 2.24) is 10.6 Å². The molecule has 2 aromatic rings. The Labute approximate surface area is 193 Å². The summed E-state index contributed by atoms with van der Waals surface area (Å²) in [5.74, 6) is -0.624. The van der Waals surface area contributed by atoms with Gasteiger partial charge in [0.15, 0.2) is 5.11 Å². The molecular weight excluding hydrogens is 439 g/mol. The van der Waals surface area contributed by atoms with Crippen molar-refractivity contribution >= 4 is 44.9 Å². The molecule has 0 saturated carbocycles. The molecular formula is C19H16BrN2NaO3S. The predicted molar refractivity (Wildman–Crippen MR) is 105 cm³/mol. The Morgan fingerprint density at radius 1 is 1.26 bits per heavy atom. The molecule has 3 rings (SSSR count). The molecule has 27 heavy (non-hydrogen) atoms. The van der Waals surface area contributed by atoms with E-state index in [0.29, 0.717) is 26.4 Å². The summed E-state index contributed by atoms with van der Waals surface area (Å²) in [4.78, 5) is 12.8. The summed E-state index contributed by atoms with van der Waals surface area (Å²) in [6.45, 7) is 1.99. The second-order valence-electron chi connectivity index (χ2n) is 5.59. The molecule has 1 aliphatic rings. The fourth-order valence-electron chi connectivity index (χ4n) is 2.80. The second kappa shape index (κ2) is 9.71. The molecule has 0 aromatic heterocycles. The van der Waals surface area contributed by atoms with E-state index in [-0.39, 0.29) is 41.9 Å². The zero-order valence-electron chi connectivity index (χ0n) is 14.9. The number of hydrogen-bond acceptors (Lipinski definition) is 4. The molecule has 5 nitrogen and oxygen atoms in total. The van der Waals surface area contributed by atoms with Crippen LogP contribution in [0.3, 0.4) is 0 Å². The van der Waals surface area contributed by atoms with Crippen LogP contribution in [-0.4, -0.2) is 17.7 Å². The standard InChI is InChI=1S/C19H17BrN2O3S.Na/c1-2-25-18(24)15-16(11-6-4-3-5-7-11)21-19(26)22-17(15)13-10-12(23)8-9-14(13)20;/h3-10,17,23H,2H2,1H3,(H2,21,22,26);/q;+1/p-1. The molecule has 0 radical (unpaired) electrons. The van der Waals surface area contributed by atoms with Crippen molar-refractivity contribution in [3.05, 3.63) is 69.7 Å². The number of halogens is 1. The average molecular weight is 455 g/mol. The van der Waals surface area contributed by atoms with Gasteiger partial charge < -0.3 is 20.5 Å². The molecule has 0 bridgehead atoms. The molecule has 1 unspecified atom stereocenters. The zero-order chi connectivity index (χ0) is 18.7. The maximum atomic E-state index is 12.8. The first kappa shape index (κ1) is 21.9. The van der Waals surface area contributed by atoms with Gasteiger partial charge in [0.1, 0.15) is 0 Å². The number of thiocarbonyl (C=S) groups is 1. The third kappa shape index (κ3) is 4.92. The summed E-state index contributed by atoms with van der Waals surface area (Å²) in [5, 5.41) is 18.4. The monoisotopic (exact) mass is 454 g/mol. The van der Waals surface area contributed by atoms with E-state index < -0.39 is 12.0 Å². The van der Waals surface area contributed by atoms with E-state index in [2.05, 4.69) is 26.6 Å². The third-order valence-electron chi connectivity index (χ3n) is 3.91. The Morgan fingerprint density at radius 2 is 1.96 bits per heavy atom. The third-order valence-corrected chi connectivity index (χ3v) is 4.85. The van der Waals surface area contributed by atoms with Gasteiger partial charge in [0.05, 0.1) is 23.9 Å². The van der Waals surface area contributed by atoms with E-state index in [1.807, 2.05) is 30.3 Å². The van der Waals surface area contributed by atoms with E-state index in [9.17, 15) is 9.90 Å². The Balaban J connectivity index is 0.00000261. The quantitative estimate of drug-likeness (QED) is 0.385. The molecule has 0 fully saturated rings. The topological polar surface area (TPSA) is 73.4 Å². The van der Waals surface area contributed by atoms with Gasteiger partial charge in [0.2, 0.25) is 0 Å². The SMILES string of the molecule is CCOC(=O)C1=C(c2ccccc2)NC(=S)NC1c1cc([O-])ccc1Br.[Na+]. The number of ether oxygens (including phenoxy) is 1. The number of carbonyl (C=O) groups is 1. The van der Waals surface area contributed by atoms with Crippen LogP contribution in [0.5, 0.6) is 5.75 Å². The van der Waals surface area contributed by atoms with Crippen LogP contribution in [0.1, 0.15) is 24.1 Å². The van der Waals surface area contributed by atoms with Gasteiger partial charge in [-0.15, -0.1) is 5.75 Å². The minimum atomic E-state index is -0.610. The van der Waals surface area contributed by atoms with Gasteiger partial charge >= 0.3 is 35.5 Å². The molecule has 0 spiro atoms. The van der Waals surface area contributed by atoms with Crippen LogP contribution >= 0.6 is 28.1 Å². The van der Waals surface area contributed by atoms with Crippen molar-refractivity contribution in [3.8, 4) is 5.75 Å². The maximum Gasteiger partial charge on any atom is 1.00 e. The fraction of sp³-hybridized carbons (Fsp3) is 0.158. The normalized spacial score (nSPS) is 16.1. The van der Waals surface area contributed by atoms with E-state index in [4.69, 9.17) is 17.0 Å². The van der Waals surface area contributed by atoms with Crippen molar-refractivity contribution in [2.24, 2.45) is 0 Å². The van der Waals surface area contributed by atoms with E-state index in [0.717, 1.165) is 5.56 Å².